The maximum absolute atomic E-state index is 11.2. The molecule has 2 heterocycles. The lowest BCUT2D eigenvalue weighted by atomic mass is 10.3. The number of anilines is 1. The van der Waals surface area contributed by atoms with Crippen LogP contribution in [-0.2, 0) is 6.42 Å². The minimum absolute atomic E-state index is 0.366. The number of carbonyl (C=O) groups is 1. The number of nitrogens with zero attached hydrogens (tertiary/aromatic N) is 3. The quantitative estimate of drug-likeness (QED) is 0.918. The van der Waals surface area contributed by atoms with Gasteiger partial charge in [0.15, 0.2) is 5.13 Å². The van der Waals surface area contributed by atoms with Gasteiger partial charge in [0.05, 0.1) is 5.69 Å². The highest BCUT2D eigenvalue weighted by Gasteiger charge is 2.25. The molecule has 0 aromatic carbocycles. The van der Waals surface area contributed by atoms with Crippen LogP contribution in [-0.4, -0.2) is 53.7 Å². The van der Waals surface area contributed by atoms with Gasteiger partial charge in [0, 0.05) is 19.1 Å². The molecule has 1 saturated heterocycles. The first-order valence-corrected chi connectivity index (χ1v) is 7.52. The van der Waals surface area contributed by atoms with Crippen LogP contribution in [0.15, 0.2) is 0 Å². The largest absolute Gasteiger partial charge is 0.477 e. The fraction of sp³-hybridized carbons (Fsp3) is 0.692. The van der Waals surface area contributed by atoms with Gasteiger partial charge in [-0.3, -0.25) is 0 Å². The SMILES string of the molecule is CCc1nc(N2CCCN(C)CC2C)sc1C(=O)O. The van der Waals surface area contributed by atoms with Gasteiger partial charge in [-0.25, -0.2) is 9.78 Å². The summed E-state index contributed by atoms with van der Waals surface area (Å²) in [6, 6.07) is 0.366. The summed E-state index contributed by atoms with van der Waals surface area (Å²) in [6.07, 6.45) is 1.75. The molecule has 1 atom stereocenters. The number of hydrogen-bond donors (Lipinski definition) is 1. The molecule has 1 unspecified atom stereocenters. The summed E-state index contributed by atoms with van der Waals surface area (Å²) >= 11 is 1.31. The lowest BCUT2D eigenvalue weighted by Crippen LogP contribution is -2.37. The number of aromatic carboxylic acids is 1. The van der Waals surface area contributed by atoms with Crippen molar-refractivity contribution in [2.75, 3.05) is 31.6 Å². The molecule has 0 bridgehead atoms. The van der Waals surface area contributed by atoms with Crippen LogP contribution in [0.25, 0.3) is 0 Å². The van der Waals surface area contributed by atoms with E-state index in [0.29, 0.717) is 23.0 Å². The third kappa shape index (κ3) is 3.06. The van der Waals surface area contributed by atoms with Crippen molar-refractivity contribution in [2.24, 2.45) is 0 Å². The van der Waals surface area contributed by atoms with Gasteiger partial charge in [-0.15, -0.1) is 0 Å². The van der Waals surface area contributed by atoms with Crippen molar-refractivity contribution in [3.8, 4) is 0 Å². The van der Waals surface area contributed by atoms with Crippen LogP contribution in [0.3, 0.4) is 0 Å². The Labute approximate surface area is 117 Å². The second-order valence-electron chi connectivity index (χ2n) is 5.09. The molecule has 1 fully saturated rings. The molecule has 2 rings (SSSR count). The molecule has 1 N–H and O–H groups in total. The third-order valence-electron chi connectivity index (χ3n) is 3.51. The lowest BCUT2D eigenvalue weighted by molar-refractivity contribution is 0.0701. The zero-order valence-corrected chi connectivity index (χ0v) is 12.5. The monoisotopic (exact) mass is 283 g/mol. The number of aromatic nitrogens is 1. The standard InChI is InChI=1S/C13H21N3O2S/c1-4-10-11(12(17)18)19-13(14-10)16-7-5-6-15(3)8-9(16)2/h9H,4-8H2,1-3H3,(H,17,18). The minimum Gasteiger partial charge on any atom is -0.477 e. The first kappa shape index (κ1) is 14.3. The average Bonchev–Trinajstić information content (AvgIpc) is 2.70. The van der Waals surface area contributed by atoms with Crippen LogP contribution in [0.4, 0.5) is 5.13 Å². The minimum atomic E-state index is -0.861. The number of hydrogen-bond acceptors (Lipinski definition) is 5. The predicted octanol–water partition coefficient (Wildman–Crippen LogP) is 1.93. The van der Waals surface area contributed by atoms with Crippen LogP contribution < -0.4 is 4.90 Å². The van der Waals surface area contributed by atoms with Gasteiger partial charge in [0.2, 0.25) is 0 Å². The summed E-state index contributed by atoms with van der Waals surface area (Å²) in [5.41, 5.74) is 0.706. The highest BCUT2D eigenvalue weighted by Crippen LogP contribution is 2.29. The van der Waals surface area contributed by atoms with E-state index < -0.39 is 5.97 Å². The molecule has 1 aliphatic heterocycles. The van der Waals surface area contributed by atoms with E-state index in [2.05, 4.69) is 28.8 Å². The van der Waals surface area contributed by atoms with Crippen molar-refractivity contribution < 1.29 is 9.90 Å². The third-order valence-corrected chi connectivity index (χ3v) is 4.63. The van der Waals surface area contributed by atoms with Crippen molar-refractivity contribution in [3.63, 3.8) is 0 Å². The van der Waals surface area contributed by atoms with Crippen LogP contribution in [0.5, 0.6) is 0 Å². The number of carboxylic acids is 1. The molecule has 0 aliphatic carbocycles. The van der Waals surface area contributed by atoms with E-state index in [1.807, 2.05) is 6.92 Å². The molecule has 0 amide bonds. The number of thiazole rings is 1. The number of aryl methyl sites for hydroxylation is 1. The summed E-state index contributed by atoms with van der Waals surface area (Å²) in [5.74, 6) is -0.861. The molecular weight excluding hydrogens is 262 g/mol. The fourth-order valence-corrected chi connectivity index (χ4v) is 3.65. The Balaban J connectivity index is 2.27. The second-order valence-corrected chi connectivity index (χ2v) is 6.07. The van der Waals surface area contributed by atoms with Gasteiger partial charge in [0.1, 0.15) is 4.88 Å². The van der Waals surface area contributed by atoms with Crippen molar-refractivity contribution in [1.82, 2.24) is 9.88 Å². The van der Waals surface area contributed by atoms with Crippen molar-refractivity contribution in [1.29, 1.82) is 0 Å². The van der Waals surface area contributed by atoms with E-state index in [-0.39, 0.29) is 0 Å². The Bertz CT molecular complexity index is 461. The van der Waals surface area contributed by atoms with Crippen molar-refractivity contribution in [2.45, 2.75) is 32.7 Å². The highest BCUT2D eigenvalue weighted by atomic mass is 32.1. The predicted molar refractivity (Wildman–Crippen MR) is 77.4 cm³/mol. The molecule has 106 valence electrons. The zero-order valence-electron chi connectivity index (χ0n) is 11.7. The molecule has 1 aromatic heterocycles. The van der Waals surface area contributed by atoms with Gasteiger partial charge in [0.25, 0.3) is 0 Å². The second kappa shape index (κ2) is 5.88. The molecule has 6 heteroatoms. The van der Waals surface area contributed by atoms with E-state index >= 15 is 0 Å². The van der Waals surface area contributed by atoms with Crippen molar-refractivity contribution in [3.05, 3.63) is 10.6 Å². The summed E-state index contributed by atoms with van der Waals surface area (Å²) in [5, 5.41) is 10.1. The van der Waals surface area contributed by atoms with Crippen molar-refractivity contribution >= 4 is 22.4 Å². The summed E-state index contributed by atoms with van der Waals surface area (Å²) in [7, 11) is 2.13. The topological polar surface area (TPSA) is 56.7 Å². The zero-order chi connectivity index (χ0) is 14.0. The van der Waals surface area contributed by atoms with E-state index in [9.17, 15) is 9.90 Å². The first-order valence-electron chi connectivity index (χ1n) is 6.71. The number of rotatable bonds is 3. The molecular formula is C13H21N3O2S. The molecule has 19 heavy (non-hydrogen) atoms. The number of likely N-dealkylation sites (N-methyl/N-ethyl adjacent to an activating group) is 1. The maximum atomic E-state index is 11.2. The molecule has 0 spiro atoms. The first-order chi connectivity index (χ1) is 9.02. The Morgan fingerprint density at radius 1 is 1.53 bits per heavy atom. The Morgan fingerprint density at radius 3 is 2.84 bits per heavy atom. The molecule has 1 aromatic rings. The van der Waals surface area contributed by atoms with Crippen LogP contribution in [0, 0.1) is 0 Å². The van der Waals surface area contributed by atoms with E-state index in [0.717, 1.165) is 31.2 Å². The van der Waals surface area contributed by atoms with Crippen LogP contribution in [0.2, 0.25) is 0 Å². The molecule has 5 nitrogen and oxygen atoms in total. The summed E-state index contributed by atoms with van der Waals surface area (Å²) in [4.78, 5) is 20.7. The van der Waals surface area contributed by atoms with Gasteiger partial charge in [-0.05, 0) is 33.4 Å². The normalized spacial score (nSPS) is 21.4. The van der Waals surface area contributed by atoms with Gasteiger partial charge < -0.3 is 14.9 Å². The summed E-state index contributed by atoms with van der Waals surface area (Å²) < 4.78 is 0. The van der Waals surface area contributed by atoms with Gasteiger partial charge in [-0.2, -0.15) is 0 Å². The average molecular weight is 283 g/mol. The highest BCUT2D eigenvalue weighted by molar-refractivity contribution is 7.17. The van der Waals surface area contributed by atoms with Gasteiger partial charge >= 0.3 is 5.97 Å². The fourth-order valence-electron chi connectivity index (χ4n) is 2.53. The smallest absolute Gasteiger partial charge is 0.347 e. The van der Waals surface area contributed by atoms with E-state index in [4.69, 9.17) is 0 Å². The Hall–Kier alpha value is -1.14. The maximum Gasteiger partial charge on any atom is 0.347 e. The molecule has 0 saturated carbocycles. The van der Waals surface area contributed by atoms with Crippen LogP contribution in [0.1, 0.15) is 35.6 Å². The van der Waals surface area contributed by atoms with E-state index in [1.54, 1.807) is 0 Å². The Morgan fingerprint density at radius 2 is 2.26 bits per heavy atom. The Kier molecular flexibility index (Phi) is 4.42. The van der Waals surface area contributed by atoms with Gasteiger partial charge in [-0.1, -0.05) is 18.3 Å². The molecule has 0 radical (unpaired) electrons. The number of carboxylic acid groups (broad SMARTS) is 1. The van der Waals surface area contributed by atoms with E-state index in [1.165, 1.54) is 11.3 Å². The molecule has 1 aliphatic rings. The summed E-state index contributed by atoms with van der Waals surface area (Å²) in [6.45, 7) is 7.14. The van der Waals surface area contributed by atoms with Crippen LogP contribution >= 0.6 is 11.3 Å². The lowest BCUT2D eigenvalue weighted by Gasteiger charge is -2.27.